The van der Waals surface area contributed by atoms with Crippen molar-refractivity contribution in [1.29, 1.82) is 0 Å². The largest absolute Gasteiger partial charge is 0.469 e. The molecular weight excluding hydrogens is 368 g/mol. The van der Waals surface area contributed by atoms with Gasteiger partial charge < -0.3 is 24.7 Å². The minimum absolute atomic E-state index is 0.0450. The molecule has 7 heteroatoms. The zero-order chi connectivity index (χ0) is 20.9. The third kappa shape index (κ3) is 9.30. The van der Waals surface area contributed by atoms with Crippen LogP contribution in [0.2, 0.25) is 0 Å². The first-order chi connectivity index (χ1) is 14.0. The lowest BCUT2D eigenvalue weighted by Crippen LogP contribution is -2.41. The van der Waals surface area contributed by atoms with E-state index in [9.17, 15) is 4.79 Å². The van der Waals surface area contributed by atoms with Gasteiger partial charge in [-0.1, -0.05) is 37.3 Å². The second kappa shape index (κ2) is 12.6. The monoisotopic (exact) mass is 400 g/mol. The van der Waals surface area contributed by atoms with Crippen LogP contribution >= 0.6 is 0 Å². The van der Waals surface area contributed by atoms with E-state index in [-0.39, 0.29) is 12.5 Å². The number of aliphatic imine (C=N–C) groups is 1. The SMILES string of the molecule is CC(CNC(=NCC(=O)N(C)C)NCCc1ccco1)COCc1ccccc1. The standard InChI is InChI=1S/C22H32N4O3/c1-18(16-28-17-19-8-5-4-6-9-19)14-24-22(25-15-21(27)26(2)3)23-12-11-20-10-7-13-29-20/h4-10,13,18H,11-12,14-17H2,1-3H3,(H2,23,24,25). The maximum absolute atomic E-state index is 11.9. The Morgan fingerprint density at radius 1 is 1.17 bits per heavy atom. The van der Waals surface area contributed by atoms with Gasteiger partial charge in [-0.2, -0.15) is 0 Å². The van der Waals surface area contributed by atoms with E-state index in [4.69, 9.17) is 9.15 Å². The van der Waals surface area contributed by atoms with Crippen LogP contribution in [-0.4, -0.2) is 57.1 Å². The summed E-state index contributed by atoms with van der Waals surface area (Å²) in [5, 5.41) is 6.56. The molecule has 2 rings (SSSR count). The summed E-state index contributed by atoms with van der Waals surface area (Å²) in [6.45, 7) is 4.81. The number of carbonyl (C=O) groups is 1. The molecule has 1 atom stereocenters. The highest BCUT2D eigenvalue weighted by molar-refractivity contribution is 5.84. The van der Waals surface area contributed by atoms with Crippen molar-refractivity contribution < 1.29 is 13.9 Å². The lowest BCUT2D eigenvalue weighted by molar-refractivity contribution is -0.127. The van der Waals surface area contributed by atoms with Crippen LogP contribution in [0.15, 0.2) is 58.1 Å². The van der Waals surface area contributed by atoms with Crippen molar-refractivity contribution in [3.63, 3.8) is 0 Å². The lowest BCUT2D eigenvalue weighted by atomic mass is 10.2. The Morgan fingerprint density at radius 2 is 1.97 bits per heavy atom. The van der Waals surface area contributed by atoms with Gasteiger partial charge >= 0.3 is 0 Å². The third-order valence-electron chi connectivity index (χ3n) is 4.25. The zero-order valence-corrected chi connectivity index (χ0v) is 17.6. The third-order valence-corrected chi connectivity index (χ3v) is 4.25. The predicted molar refractivity (Wildman–Crippen MR) is 115 cm³/mol. The molecule has 7 nitrogen and oxygen atoms in total. The molecule has 0 aliphatic rings. The number of nitrogens with one attached hydrogen (secondary N) is 2. The highest BCUT2D eigenvalue weighted by Gasteiger charge is 2.08. The van der Waals surface area contributed by atoms with Gasteiger partial charge in [-0.05, 0) is 23.6 Å². The molecule has 0 saturated carbocycles. The number of guanidine groups is 1. The average Bonchev–Trinajstić information content (AvgIpc) is 3.23. The van der Waals surface area contributed by atoms with E-state index in [1.54, 1.807) is 20.4 Å². The quantitative estimate of drug-likeness (QED) is 0.447. The average molecular weight is 401 g/mol. The number of likely N-dealkylation sites (N-methyl/N-ethyl adjacent to an activating group) is 1. The van der Waals surface area contributed by atoms with Gasteiger partial charge in [0.1, 0.15) is 12.3 Å². The van der Waals surface area contributed by atoms with Crippen LogP contribution in [-0.2, 0) is 22.6 Å². The summed E-state index contributed by atoms with van der Waals surface area (Å²) in [5.41, 5.74) is 1.16. The Balaban J connectivity index is 1.76. The van der Waals surface area contributed by atoms with Gasteiger partial charge in [0.25, 0.3) is 0 Å². The molecule has 0 spiro atoms. The summed E-state index contributed by atoms with van der Waals surface area (Å²) in [7, 11) is 3.45. The van der Waals surface area contributed by atoms with Crippen LogP contribution in [0, 0.1) is 5.92 Å². The maximum atomic E-state index is 11.9. The van der Waals surface area contributed by atoms with Gasteiger partial charge in [0, 0.05) is 33.6 Å². The van der Waals surface area contributed by atoms with Gasteiger partial charge in [0.2, 0.25) is 5.91 Å². The number of rotatable bonds is 11. The normalized spacial score (nSPS) is 12.4. The van der Waals surface area contributed by atoms with Gasteiger partial charge in [-0.15, -0.1) is 0 Å². The molecule has 2 N–H and O–H groups in total. The molecule has 2 aromatic rings. The number of ether oxygens (including phenoxy) is 1. The first-order valence-corrected chi connectivity index (χ1v) is 9.91. The van der Waals surface area contributed by atoms with Gasteiger partial charge in [-0.25, -0.2) is 4.99 Å². The zero-order valence-electron chi connectivity index (χ0n) is 17.6. The highest BCUT2D eigenvalue weighted by Crippen LogP contribution is 2.03. The van der Waals surface area contributed by atoms with E-state index < -0.39 is 0 Å². The number of hydrogen-bond donors (Lipinski definition) is 2. The van der Waals surface area contributed by atoms with Crippen LogP contribution in [0.5, 0.6) is 0 Å². The molecule has 0 fully saturated rings. The minimum Gasteiger partial charge on any atom is -0.469 e. The second-order valence-electron chi connectivity index (χ2n) is 7.20. The Labute approximate surface area is 173 Å². The number of amides is 1. The number of furan rings is 1. The predicted octanol–water partition coefficient (Wildman–Crippen LogP) is 2.30. The van der Waals surface area contributed by atoms with Crippen molar-refractivity contribution in [2.75, 3.05) is 40.3 Å². The fourth-order valence-corrected chi connectivity index (χ4v) is 2.50. The van der Waals surface area contributed by atoms with Crippen LogP contribution in [0.4, 0.5) is 0 Å². The van der Waals surface area contributed by atoms with Gasteiger partial charge in [0.05, 0.1) is 19.5 Å². The van der Waals surface area contributed by atoms with Crippen LogP contribution < -0.4 is 10.6 Å². The molecule has 29 heavy (non-hydrogen) atoms. The summed E-state index contributed by atoms with van der Waals surface area (Å²) in [6.07, 6.45) is 2.40. The molecule has 0 saturated heterocycles. The Bertz CT molecular complexity index is 730. The molecule has 1 aromatic carbocycles. The summed E-state index contributed by atoms with van der Waals surface area (Å²) in [4.78, 5) is 17.8. The van der Waals surface area contributed by atoms with Crippen LogP contribution in [0.1, 0.15) is 18.2 Å². The van der Waals surface area contributed by atoms with E-state index in [0.717, 1.165) is 17.7 Å². The van der Waals surface area contributed by atoms with Crippen molar-refractivity contribution in [2.24, 2.45) is 10.9 Å². The fraction of sp³-hybridized carbons (Fsp3) is 0.455. The number of hydrogen-bond acceptors (Lipinski definition) is 4. The van der Waals surface area contributed by atoms with Crippen LogP contribution in [0.3, 0.4) is 0 Å². The molecule has 0 radical (unpaired) electrons. The van der Waals surface area contributed by atoms with E-state index in [1.165, 1.54) is 4.90 Å². The Hall–Kier alpha value is -2.80. The molecule has 0 aliphatic carbocycles. The minimum atomic E-state index is -0.0450. The Kier molecular flexibility index (Phi) is 9.78. The fourth-order valence-electron chi connectivity index (χ4n) is 2.50. The molecule has 1 aromatic heterocycles. The molecular formula is C22H32N4O3. The van der Waals surface area contributed by atoms with Crippen molar-refractivity contribution in [3.8, 4) is 0 Å². The molecule has 1 amide bonds. The molecule has 0 aliphatic heterocycles. The van der Waals surface area contributed by atoms with Gasteiger partial charge in [0.15, 0.2) is 5.96 Å². The lowest BCUT2D eigenvalue weighted by Gasteiger charge is -2.17. The Morgan fingerprint density at radius 3 is 2.66 bits per heavy atom. The number of carbonyl (C=O) groups excluding carboxylic acids is 1. The summed E-state index contributed by atoms with van der Waals surface area (Å²) < 4.78 is 11.1. The van der Waals surface area contributed by atoms with E-state index in [0.29, 0.717) is 38.2 Å². The number of nitrogens with zero attached hydrogens (tertiary/aromatic N) is 2. The van der Waals surface area contributed by atoms with Crippen molar-refractivity contribution in [3.05, 3.63) is 60.1 Å². The molecule has 0 bridgehead atoms. The summed E-state index contributed by atoms with van der Waals surface area (Å²) in [6, 6.07) is 13.9. The van der Waals surface area contributed by atoms with Crippen LogP contribution in [0.25, 0.3) is 0 Å². The second-order valence-corrected chi connectivity index (χ2v) is 7.20. The first kappa shape index (κ1) is 22.5. The van der Waals surface area contributed by atoms with E-state index >= 15 is 0 Å². The molecule has 1 heterocycles. The smallest absolute Gasteiger partial charge is 0.243 e. The van der Waals surface area contributed by atoms with E-state index in [1.807, 2.05) is 30.3 Å². The summed E-state index contributed by atoms with van der Waals surface area (Å²) >= 11 is 0. The van der Waals surface area contributed by atoms with Gasteiger partial charge in [-0.3, -0.25) is 4.79 Å². The van der Waals surface area contributed by atoms with Crippen molar-refractivity contribution in [1.82, 2.24) is 15.5 Å². The maximum Gasteiger partial charge on any atom is 0.243 e. The number of benzene rings is 1. The highest BCUT2D eigenvalue weighted by atomic mass is 16.5. The first-order valence-electron chi connectivity index (χ1n) is 9.91. The van der Waals surface area contributed by atoms with Crippen molar-refractivity contribution >= 4 is 11.9 Å². The molecule has 158 valence electrons. The summed E-state index contributed by atoms with van der Waals surface area (Å²) in [5.74, 6) is 1.77. The van der Waals surface area contributed by atoms with E-state index in [2.05, 4.69) is 34.7 Å². The van der Waals surface area contributed by atoms with Crippen molar-refractivity contribution in [2.45, 2.75) is 20.0 Å². The molecule has 1 unspecified atom stereocenters. The topological polar surface area (TPSA) is 79.1 Å².